The highest BCUT2D eigenvalue weighted by molar-refractivity contribution is 5.78. The summed E-state index contributed by atoms with van der Waals surface area (Å²) in [5.41, 5.74) is 0. The number of hydrogen-bond acceptors (Lipinski definition) is 3. The van der Waals surface area contributed by atoms with E-state index in [2.05, 4.69) is 10.3 Å². The molecule has 2 atom stereocenters. The molecule has 2 rings (SSSR count). The van der Waals surface area contributed by atoms with Gasteiger partial charge in [0.1, 0.15) is 0 Å². The molecule has 1 saturated heterocycles. The van der Waals surface area contributed by atoms with Crippen molar-refractivity contribution < 1.29 is 14.7 Å². The molecule has 2 heterocycles. The second kappa shape index (κ2) is 5.73. The van der Waals surface area contributed by atoms with Crippen molar-refractivity contribution in [1.82, 2.24) is 19.8 Å². The van der Waals surface area contributed by atoms with Gasteiger partial charge in [0.2, 0.25) is 0 Å². The van der Waals surface area contributed by atoms with E-state index in [9.17, 15) is 9.59 Å². The standard InChI is InChI=1S/C12H18N4O3/c1-9-10(11(17)18)2-5-16(9)12(19)14-4-7-15-6-3-13-8-15/h3,6,8-10H,2,4-5,7H2,1H3,(H,14,19)(H,17,18). The van der Waals surface area contributed by atoms with Crippen LogP contribution in [-0.2, 0) is 11.3 Å². The van der Waals surface area contributed by atoms with Crippen molar-refractivity contribution in [2.75, 3.05) is 13.1 Å². The molecule has 0 radical (unpaired) electrons. The van der Waals surface area contributed by atoms with Gasteiger partial charge in [-0.1, -0.05) is 0 Å². The van der Waals surface area contributed by atoms with Gasteiger partial charge in [-0.15, -0.1) is 0 Å². The molecule has 1 aliphatic rings. The van der Waals surface area contributed by atoms with Gasteiger partial charge in [0.25, 0.3) is 0 Å². The monoisotopic (exact) mass is 266 g/mol. The van der Waals surface area contributed by atoms with Gasteiger partial charge in [-0.3, -0.25) is 4.79 Å². The lowest BCUT2D eigenvalue weighted by Crippen LogP contribution is -2.44. The summed E-state index contributed by atoms with van der Waals surface area (Å²) in [6.45, 7) is 3.42. The summed E-state index contributed by atoms with van der Waals surface area (Å²) in [6.07, 6.45) is 5.71. The van der Waals surface area contributed by atoms with E-state index in [1.165, 1.54) is 0 Å². The third-order valence-electron chi connectivity index (χ3n) is 3.54. The van der Waals surface area contributed by atoms with Crippen LogP contribution in [0.2, 0.25) is 0 Å². The van der Waals surface area contributed by atoms with Gasteiger partial charge in [-0.05, 0) is 13.3 Å². The summed E-state index contributed by atoms with van der Waals surface area (Å²) in [5.74, 6) is -1.29. The van der Waals surface area contributed by atoms with Crippen molar-refractivity contribution in [1.29, 1.82) is 0 Å². The summed E-state index contributed by atoms with van der Waals surface area (Å²) < 4.78 is 1.87. The third-order valence-corrected chi connectivity index (χ3v) is 3.54. The maximum atomic E-state index is 11.9. The van der Waals surface area contributed by atoms with E-state index in [4.69, 9.17) is 5.11 Å². The highest BCUT2D eigenvalue weighted by Gasteiger charge is 2.37. The summed E-state index contributed by atoms with van der Waals surface area (Å²) in [6, 6.07) is -0.456. The first-order valence-corrected chi connectivity index (χ1v) is 6.32. The van der Waals surface area contributed by atoms with Crippen molar-refractivity contribution in [3.8, 4) is 0 Å². The lowest BCUT2D eigenvalue weighted by Gasteiger charge is -2.23. The molecule has 7 nitrogen and oxygen atoms in total. The smallest absolute Gasteiger partial charge is 0.317 e. The van der Waals surface area contributed by atoms with E-state index in [1.54, 1.807) is 24.3 Å². The van der Waals surface area contributed by atoms with E-state index >= 15 is 0 Å². The van der Waals surface area contributed by atoms with Gasteiger partial charge in [0, 0.05) is 38.1 Å². The lowest BCUT2D eigenvalue weighted by atomic mass is 10.0. The predicted molar refractivity (Wildman–Crippen MR) is 67.5 cm³/mol. The number of likely N-dealkylation sites (tertiary alicyclic amines) is 1. The first-order valence-electron chi connectivity index (χ1n) is 6.32. The molecule has 7 heteroatoms. The number of aliphatic carboxylic acids is 1. The predicted octanol–water partition coefficient (Wildman–Crippen LogP) is 0.388. The van der Waals surface area contributed by atoms with Gasteiger partial charge in [-0.25, -0.2) is 9.78 Å². The highest BCUT2D eigenvalue weighted by atomic mass is 16.4. The number of carbonyl (C=O) groups excluding carboxylic acids is 1. The summed E-state index contributed by atoms with van der Waals surface area (Å²) in [7, 11) is 0. The molecule has 1 aliphatic heterocycles. The van der Waals surface area contributed by atoms with Gasteiger partial charge in [0.05, 0.1) is 12.2 Å². The lowest BCUT2D eigenvalue weighted by molar-refractivity contribution is -0.142. The first-order chi connectivity index (χ1) is 9.09. The van der Waals surface area contributed by atoms with Crippen LogP contribution in [0.5, 0.6) is 0 Å². The molecule has 1 fully saturated rings. The Balaban J connectivity index is 1.79. The fourth-order valence-electron chi connectivity index (χ4n) is 2.37. The molecule has 104 valence electrons. The second-order valence-corrected chi connectivity index (χ2v) is 4.70. The number of amides is 2. The number of carbonyl (C=O) groups is 2. The number of urea groups is 1. The zero-order valence-electron chi connectivity index (χ0n) is 10.8. The van der Waals surface area contributed by atoms with Gasteiger partial charge in [0.15, 0.2) is 0 Å². The molecule has 1 aromatic heterocycles. The topological polar surface area (TPSA) is 87.5 Å². The molecular weight excluding hydrogens is 248 g/mol. The normalized spacial score (nSPS) is 22.5. The number of carboxylic acid groups (broad SMARTS) is 1. The van der Waals surface area contributed by atoms with Crippen LogP contribution in [0.3, 0.4) is 0 Å². The molecule has 2 unspecified atom stereocenters. The Morgan fingerprint density at radius 1 is 1.53 bits per heavy atom. The van der Waals surface area contributed by atoms with E-state index in [1.807, 2.05) is 10.8 Å². The number of carboxylic acids is 1. The minimum Gasteiger partial charge on any atom is -0.481 e. The highest BCUT2D eigenvalue weighted by Crippen LogP contribution is 2.24. The van der Waals surface area contributed by atoms with Crippen LogP contribution >= 0.6 is 0 Å². The quantitative estimate of drug-likeness (QED) is 0.825. The number of imidazole rings is 1. The van der Waals surface area contributed by atoms with Gasteiger partial charge < -0.3 is 19.9 Å². The summed E-state index contributed by atoms with van der Waals surface area (Å²) in [5, 5.41) is 11.8. The van der Waals surface area contributed by atoms with Crippen LogP contribution in [0.1, 0.15) is 13.3 Å². The third kappa shape index (κ3) is 3.04. The van der Waals surface area contributed by atoms with E-state index in [0.717, 1.165) is 0 Å². The number of hydrogen-bond donors (Lipinski definition) is 2. The zero-order valence-corrected chi connectivity index (χ0v) is 10.8. The molecule has 2 N–H and O–H groups in total. The molecule has 2 amide bonds. The van der Waals surface area contributed by atoms with Crippen LogP contribution in [-0.4, -0.2) is 50.7 Å². The van der Waals surface area contributed by atoms with Crippen LogP contribution < -0.4 is 5.32 Å². The first kappa shape index (κ1) is 13.4. The van der Waals surface area contributed by atoms with Crippen molar-refractivity contribution in [2.45, 2.75) is 25.9 Å². The van der Waals surface area contributed by atoms with Crippen LogP contribution in [0, 0.1) is 5.92 Å². The molecule has 19 heavy (non-hydrogen) atoms. The Morgan fingerprint density at radius 3 is 2.89 bits per heavy atom. The Labute approximate surface area is 111 Å². The number of nitrogens with zero attached hydrogens (tertiary/aromatic N) is 3. The van der Waals surface area contributed by atoms with Crippen molar-refractivity contribution >= 4 is 12.0 Å². The number of nitrogens with one attached hydrogen (secondary N) is 1. The molecule has 0 saturated carbocycles. The Hall–Kier alpha value is -2.05. The maximum Gasteiger partial charge on any atom is 0.317 e. The van der Waals surface area contributed by atoms with Crippen molar-refractivity contribution in [2.24, 2.45) is 5.92 Å². The molecule has 0 bridgehead atoms. The Kier molecular flexibility index (Phi) is 4.03. The Morgan fingerprint density at radius 2 is 2.32 bits per heavy atom. The minimum absolute atomic E-state index is 0.198. The molecular formula is C12H18N4O3. The molecule has 1 aromatic rings. The van der Waals surface area contributed by atoms with Crippen LogP contribution in [0.15, 0.2) is 18.7 Å². The van der Waals surface area contributed by atoms with Gasteiger partial charge in [-0.2, -0.15) is 0 Å². The summed E-state index contributed by atoms with van der Waals surface area (Å²) >= 11 is 0. The second-order valence-electron chi connectivity index (χ2n) is 4.70. The van der Waals surface area contributed by atoms with E-state index in [-0.39, 0.29) is 12.1 Å². The number of aromatic nitrogens is 2. The molecule has 0 aromatic carbocycles. The average Bonchev–Trinajstić information content (AvgIpc) is 2.98. The van der Waals surface area contributed by atoms with Crippen molar-refractivity contribution in [3.05, 3.63) is 18.7 Å². The van der Waals surface area contributed by atoms with Crippen LogP contribution in [0.4, 0.5) is 4.79 Å². The van der Waals surface area contributed by atoms with Crippen molar-refractivity contribution in [3.63, 3.8) is 0 Å². The largest absolute Gasteiger partial charge is 0.481 e. The fourth-order valence-corrected chi connectivity index (χ4v) is 2.37. The number of rotatable bonds is 4. The Bertz CT molecular complexity index is 446. The SMILES string of the molecule is CC1C(C(=O)O)CCN1C(=O)NCCn1ccnc1. The maximum absolute atomic E-state index is 11.9. The van der Waals surface area contributed by atoms with E-state index < -0.39 is 11.9 Å². The average molecular weight is 266 g/mol. The minimum atomic E-state index is -0.832. The molecule has 0 spiro atoms. The van der Waals surface area contributed by atoms with E-state index in [0.29, 0.717) is 26.1 Å². The zero-order chi connectivity index (χ0) is 13.8. The fraction of sp³-hybridized carbons (Fsp3) is 0.583. The van der Waals surface area contributed by atoms with Gasteiger partial charge >= 0.3 is 12.0 Å². The van der Waals surface area contributed by atoms with Crippen LogP contribution in [0.25, 0.3) is 0 Å². The molecule has 0 aliphatic carbocycles. The summed E-state index contributed by atoms with van der Waals surface area (Å²) in [4.78, 5) is 28.4.